The summed E-state index contributed by atoms with van der Waals surface area (Å²) in [4.78, 5) is 0. The predicted octanol–water partition coefficient (Wildman–Crippen LogP) is 5.10. The number of aliphatic hydroxyl groups excluding tert-OH is 1. The van der Waals surface area contributed by atoms with E-state index in [-0.39, 0.29) is 11.5 Å². The Kier molecular flexibility index (Phi) is 4.82. The van der Waals surface area contributed by atoms with Crippen LogP contribution in [-0.2, 0) is 11.8 Å². The maximum Gasteiger partial charge on any atom is 0.0608 e. The van der Waals surface area contributed by atoms with Crippen LogP contribution in [0.3, 0.4) is 0 Å². The van der Waals surface area contributed by atoms with Gasteiger partial charge >= 0.3 is 0 Å². The molecule has 0 radical (unpaired) electrons. The third-order valence-corrected chi connectivity index (χ3v) is 5.19. The van der Waals surface area contributed by atoms with Gasteiger partial charge in [0.05, 0.1) is 6.10 Å². The van der Waals surface area contributed by atoms with E-state index in [4.69, 9.17) is 0 Å². The molecule has 0 heterocycles. The molecule has 0 spiro atoms. The minimum absolute atomic E-state index is 0.179. The molecule has 2 rings (SSSR count). The molecular formula is C20H32O. The van der Waals surface area contributed by atoms with Crippen LogP contribution in [0.2, 0.25) is 0 Å². The van der Waals surface area contributed by atoms with E-state index >= 15 is 0 Å². The van der Waals surface area contributed by atoms with E-state index < -0.39 is 0 Å². The highest BCUT2D eigenvalue weighted by Gasteiger charge is 2.30. The van der Waals surface area contributed by atoms with Gasteiger partial charge in [-0.15, -0.1) is 0 Å². The van der Waals surface area contributed by atoms with Gasteiger partial charge in [0.25, 0.3) is 0 Å². The van der Waals surface area contributed by atoms with Gasteiger partial charge in [-0.05, 0) is 60.0 Å². The first-order valence-corrected chi connectivity index (χ1v) is 8.45. The van der Waals surface area contributed by atoms with Crippen molar-refractivity contribution in [3.05, 3.63) is 35.4 Å². The van der Waals surface area contributed by atoms with Crippen LogP contribution in [0, 0.1) is 11.3 Å². The van der Waals surface area contributed by atoms with Crippen LogP contribution in [-0.4, -0.2) is 11.2 Å². The second-order valence-corrected chi connectivity index (χ2v) is 8.72. The molecule has 1 unspecified atom stereocenters. The molecule has 1 aromatic rings. The monoisotopic (exact) mass is 288 g/mol. The molecule has 1 aromatic carbocycles. The number of hydrogen-bond donors (Lipinski definition) is 1. The summed E-state index contributed by atoms with van der Waals surface area (Å²) < 4.78 is 0. The lowest BCUT2D eigenvalue weighted by Gasteiger charge is -2.36. The van der Waals surface area contributed by atoms with Crippen LogP contribution < -0.4 is 0 Å². The maximum absolute atomic E-state index is 10.5. The molecule has 0 saturated heterocycles. The number of rotatable bonds is 3. The number of hydrogen-bond acceptors (Lipinski definition) is 1. The van der Waals surface area contributed by atoms with Gasteiger partial charge in [0.2, 0.25) is 0 Å². The lowest BCUT2D eigenvalue weighted by Crippen LogP contribution is -2.30. The zero-order chi connectivity index (χ0) is 15.7. The third-order valence-electron chi connectivity index (χ3n) is 5.19. The van der Waals surface area contributed by atoms with Crippen molar-refractivity contribution >= 4 is 0 Å². The van der Waals surface area contributed by atoms with Crippen molar-refractivity contribution in [3.63, 3.8) is 0 Å². The highest BCUT2D eigenvalue weighted by Crippen LogP contribution is 2.39. The van der Waals surface area contributed by atoms with E-state index in [9.17, 15) is 5.11 Å². The zero-order valence-electron chi connectivity index (χ0n) is 14.4. The Hall–Kier alpha value is -0.820. The van der Waals surface area contributed by atoms with Crippen LogP contribution in [0.1, 0.15) is 71.4 Å². The van der Waals surface area contributed by atoms with Crippen molar-refractivity contribution < 1.29 is 5.11 Å². The highest BCUT2D eigenvalue weighted by molar-refractivity contribution is 5.27. The van der Waals surface area contributed by atoms with Gasteiger partial charge in [0.15, 0.2) is 0 Å². The summed E-state index contributed by atoms with van der Waals surface area (Å²) in [5.41, 5.74) is 3.30. The first kappa shape index (κ1) is 16.5. The number of aliphatic hydroxyl groups is 1. The van der Waals surface area contributed by atoms with Crippen molar-refractivity contribution in [1.82, 2.24) is 0 Å². The maximum atomic E-state index is 10.5. The van der Waals surface area contributed by atoms with Crippen LogP contribution in [0.25, 0.3) is 0 Å². The normalized spacial score (nSPS) is 21.2. The molecule has 1 saturated carbocycles. The van der Waals surface area contributed by atoms with E-state index in [2.05, 4.69) is 58.9 Å². The second-order valence-electron chi connectivity index (χ2n) is 8.72. The van der Waals surface area contributed by atoms with Crippen LogP contribution in [0.5, 0.6) is 0 Å². The molecular weight excluding hydrogens is 256 g/mol. The molecule has 21 heavy (non-hydrogen) atoms. The standard InChI is InChI=1S/C20H32O/c1-19(2,3)17-8-6-15(7-9-17)14-18(21)16-10-12-20(4,5)13-11-16/h6-9,16,18,21H,10-14H2,1-5H3. The lowest BCUT2D eigenvalue weighted by atomic mass is 9.71. The Morgan fingerprint density at radius 3 is 2.10 bits per heavy atom. The van der Waals surface area contributed by atoms with Gasteiger partial charge in [0.1, 0.15) is 0 Å². The van der Waals surface area contributed by atoms with Gasteiger partial charge in [-0.2, -0.15) is 0 Å². The average Bonchev–Trinajstić information content (AvgIpc) is 2.38. The minimum Gasteiger partial charge on any atom is -0.392 e. The summed E-state index contributed by atoms with van der Waals surface area (Å²) in [5.74, 6) is 0.486. The molecule has 1 atom stereocenters. The Morgan fingerprint density at radius 1 is 1.10 bits per heavy atom. The summed E-state index contributed by atoms with van der Waals surface area (Å²) in [6, 6.07) is 8.81. The largest absolute Gasteiger partial charge is 0.392 e. The van der Waals surface area contributed by atoms with Crippen LogP contribution in [0.4, 0.5) is 0 Å². The molecule has 1 aliphatic rings. The SMILES string of the molecule is CC1(C)CCC(C(O)Cc2ccc(C(C)(C)C)cc2)CC1. The third kappa shape index (κ3) is 4.57. The minimum atomic E-state index is -0.179. The zero-order valence-corrected chi connectivity index (χ0v) is 14.4. The molecule has 1 fully saturated rings. The molecule has 1 aliphatic carbocycles. The summed E-state index contributed by atoms with van der Waals surface area (Å²) in [6.07, 6.45) is 5.47. The quantitative estimate of drug-likeness (QED) is 0.820. The Labute approximate surface area is 130 Å². The van der Waals surface area contributed by atoms with Crippen LogP contribution in [0.15, 0.2) is 24.3 Å². The van der Waals surface area contributed by atoms with Crippen molar-refractivity contribution in [3.8, 4) is 0 Å². The van der Waals surface area contributed by atoms with Crippen molar-refractivity contribution in [2.24, 2.45) is 11.3 Å². The van der Waals surface area contributed by atoms with E-state index in [0.29, 0.717) is 11.3 Å². The molecule has 0 aliphatic heterocycles. The van der Waals surface area contributed by atoms with Gasteiger partial charge in [-0.1, -0.05) is 58.9 Å². The first-order chi connectivity index (χ1) is 9.67. The molecule has 0 amide bonds. The fraction of sp³-hybridized carbons (Fsp3) is 0.700. The summed E-state index contributed by atoms with van der Waals surface area (Å²) in [6.45, 7) is 11.4. The topological polar surface area (TPSA) is 20.2 Å². The molecule has 1 heteroatoms. The van der Waals surface area contributed by atoms with Gasteiger partial charge in [0, 0.05) is 0 Å². The Bertz CT molecular complexity index is 440. The fourth-order valence-electron chi connectivity index (χ4n) is 3.36. The van der Waals surface area contributed by atoms with Crippen LogP contribution >= 0.6 is 0 Å². The average molecular weight is 288 g/mol. The van der Waals surface area contributed by atoms with Crippen molar-refractivity contribution in [2.75, 3.05) is 0 Å². The first-order valence-electron chi connectivity index (χ1n) is 8.45. The van der Waals surface area contributed by atoms with Crippen molar-refractivity contribution in [2.45, 2.75) is 78.2 Å². The fourth-order valence-corrected chi connectivity index (χ4v) is 3.36. The Balaban J connectivity index is 1.92. The molecule has 0 aromatic heterocycles. The Morgan fingerprint density at radius 2 is 1.62 bits per heavy atom. The summed E-state index contributed by atoms with van der Waals surface area (Å²) in [5, 5.41) is 10.5. The van der Waals surface area contributed by atoms with Gasteiger partial charge in [-0.25, -0.2) is 0 Å². The molecule has 118 valence electrons. The van der Waals surface area contributed by atoms with Gasteiger partial charge in [-0.3, -0.25) is 0 Å². The second kappa shape index (κ2) is 6.12. The smallest absolute Gasteiger partial charge is 0.0608 e. The predicted molar refractivity (Wildman–Crippen MR) is 90.6 cm³/mol. The summed E-state index contributed by atoms with van der Waals surface area (Å²) in [7, 11) is 0. The lowest BCUT2D eigenvalue weighted by molar-refractivity contribution is 0.0576. The molecule has 0 bridgehead atoms. The van der Waals surface area contributed by atoms with E-state index in [0.717, 1.165) is 6.42 Å². The highest BCUT2D eigenvalue weighted by atomic mass is 16.3. The number of benzene rings is 1. The van der Waals surface area contributed by atoms with Crippen molar-refractivity contribution in [1.29, 1.82) is 0 Å². The van der Waals surface area contributed by atoms with Gasteiger partial charge < -0.3 is 5.11 Å². The molecule has 1 N–H and O–H groups in total. The summed E-state index contributed by atoms with van der Waals surface area (Å²) >= 11 is 0. The van der Waals surface area contributed by atoms with E-state index in [1.807, 2.05) is 0 Å². The van der Waals surface area contributed by atoms with E-state index in [1.54, 1.807) is 0 Å². The van der Waals surface area contributed by atoms with E-state index in [1.165, 1.54) is 36.8 Å². The molecule has 1 nitrogen and oxygen atoms in total.